The monoisotopic (exact) mass is 245 g/mol. The van der Waals surface area contributed by atoms with E-state index < -0.39 is 5.97 Å². The first-order valence-corrected chi connectivity index (χ1v) is 5.65. The molecule has 0 aliphatic carbocycles. The number of benzene rings is 1. The van der Waals surface area contributed by atoms with Crippen LogP contribution >= 0.6 is 0 Å². The van der Waals surface area contributed by atoms with Crippen molar-refractivity contribution in [2.45, 2.75) is 25.8 Å². The van der Waals surface area contributed by atoms with Crippen molar-refractivity contribution in [3.8, 4) is 12.3 Å². The molecule has 18 heavy (non-hydrogen) atoms. The molecule has 1 rings (SSSR count). The molecule has 1 atom stereocenters. The summed E-state index contributed by atoms with van der Waals surface area (Å²) in [4.78, 5) is 22.7. The summed E-state index contributed by atoms with van der Waals surface area (Å²) < 4.78 is 0. The molecule has 2 N–H and O–H groups in total. The largest absolute Gasteiger partial charge is 0.481 e. The van der Waals surface area contributed by atoms with Crippen molar-refractivity contribution in [1.29, 1.82) is 0 Å². The van der Waals surface area contributed by atoms with Gasteiger partial charge in [0.2, 0.25) is 0 Å². The molecule has 0 saturated carbocycles. The number of terminal acetylenes is 1. The molecule has 94 valence electrons. The Morgan fingerprint density at radius 3 is 2.67 bits per heavy atom. The Hall–Kier alpha value is -2.28. The molecule has 0 fully saturated rings. The van der Waals surface area contributed by atoms with Crippen molar-refractivity contribution in [2.75, 3.05) is 0 Å². The molecule has 1 aromatic carbocycles. The van der Waals surface area contributed by atoms with E-state index >= 15 is 0 Å². The van der Waals surface area contributed by atoms with Gasteiger partial charge in [0.05, 0.1) is 12.5 Å². The smallest absolute Gasteiger partial charge is 0.307 e. The van der Waals surface area contributed by atoms with Gasteiger partial charge in [0.15, 0.2) is 0 Å². The molecule has 0 saturated heterocycles. The fourth-order valence-corrected chi connectivity index (χ4v) is 1.56. The van der Waals surface area contributed by atoms with Gasteiger partial charge < -0.3 is 10.4 Å². The summed E-state index contributed by atoms with van der Waals surface area (Å²) >= 11 is 0. The fourth-order valence-electron chi connectivity index (χ4n) is 1.56. The van der Waals surface area contributed by atoms with Crippen LogP contribution in [0.2, 0.25) is 0 Å². The lowest BCUT2D eigenvalue weighted by atomic mass is 10.0. The zero-order valence-electron chi connectivity index (χ0n) is 10.1. The molecular weight excluding hydrogens is 230 g/mol. The lowest BCUT2D eigenvalue weighted by Crippen LogP contribution is -2.33. The molecule has 0 aliphatic rings. The number of amides is 1. The number of nitrogens with one attached hydrogen (secondary N) is 1. The topological polar surface area (TPSA) is 66.4 Å². The number of hydrogen-bond acceptors (Lipinski definition) is 2. The van der Waals surface area contributed by atoms with E-state index in [0.717, 1.165) is 0 Å². The lowest BCUT2D eigenvalue weighted by Gasteiger charge is -2.12. The molecule has 0 radical (unpaired) electrons. The van der Waals surface area contributed by atoms with E-state index in [-0.39, 0.29) is 18.4 Å². The quantitative estimate of drug-likeness (QED) is 0.772. The number of aliphatic carboxylic acids is 1. The highest BCUT2D eigenvalue weighted by Gasteiger charge is 2.15. The third-order valence-electron chi connectivity index (χ3n) is 2.52. The second-order valence-corrected chi connectivity index (χ2v) is 3.83. The Morgan fingerprint density at radius 1 is 1.44 bits per heavy atom. The van der Waals surface area contributed by atoms with Crippen molar-refractivity contribution in [3.05, 3.63) is 35.4 Å². The Balaban J connectivity index is 2.92. The van der Waals surface area contributed by atoms with Crippen LogP contribution in [0.3, 0.4) is 0 Å². The van der Waals surface area contributed by atoms with Crippen LogP contribution in [0.4, 0.5) is 0 Å². The van der Waals surface area contributed by atoms with Gasteiger partial charge in [-0.25, -0.2) is 0 Å². The van der Waals surface area contributed by atoms with Crippen LogP contribution < -0.4 is 5.32 Å². The summed E-state index contributed by atoms with van der Waals surface area (Å²) in [5.41, 5.74) is 0.836. The molecule has 1 amide bonds. The highest BCUT2D eigenvalue weighted by molar-refractivity contribution is 5.97. The zero-order chi connectivity index (χ0) is 13.5. The number of rotatable bonds is 5. The number of carbonyl (C=O) groups is 2. The predicted molar refractivity (Wildman–Crippen MR) is 68.2 cm³/mol. The second kappa shape index (κ2) is 6.45. The number of carboxylic acid groups (broad SMARTS) is 1. The molecule has 1 unspecified atom stereocenters. The third kappa shape index (κ3) is 3.63. The van der Waals surface area contributed by atoms with Gasteiger partial charge in [-0.1, -0.05) is 31.0 Å². The summed E-state index contributed by atoms with van der Waals surface area (Å²) in [5.74, 6) is 1.16. The number of carbonyl (C=O) groups excluding carboxylic acids is 1. The maximum Gasteiger partial charge on any atom is 0.307 e. The minimum Gasteiger partial charge on any atom is -0.481 e. The van der Waals surface area contributed by atoms with Gasteiger partial charge in [-0.3, -0.25) is 9.59 Å². The normalized spacial score (nSPS) is 11.3. The Morgan fingerprint density at radius 2 is 2.11 bits per heavy atom. The van der Waals surface area contributed by atoms with Crippen molar-refractivity contribution in [3.63, 3.8) is 0 Å². The average Bonchev–Trinajstić information content (AvgIpc) is 2.35. The summed E-state index contributed by atoms with van der Waals surface area (Å²) in [6, 6.07) is 6.27. The maximum atomic E-state index is 12.0. The van der Waals surface area contributed by atoms with Gasteiger partial charge in [-0.05, 0) is 18.1 Å². The van der Waals surface area contributed by atoms with Gasteiger partial charge in [0.25, 0.3) is 5.91 Å². The standard InChI is InChI=1S/C14H15NO3/c1-3-11(4-2)15-14(18)12-8-6-5-7-10(12)9-13(16)17/h1,5-8,11H,4,9H2,2H3,(H,15,18)(H,16,17). The molecule has 1 aromatic rings. The number of carboxylic acids is 1. The SMILES string of the molecule is C#CC(CC)NC(=O)c1ccccc1CC(=O)O. The first-order chi connectivity index (χ1) is 8.58. The fraction of sp³-hybridized carbons (Fsp3) is 0.286. The minimum absolute atomic E-state index is 0.184. The van der Waals surface area contributed by atoms with Gasteiger partial charge in [-0.15, -0.1) is 6.42 Å². The summed E-state index contributed by atoms with van der Waals surface area (Å²) in [6.07, 6.45) is 5.71. The average molecular weight is 245 g/mol. The molecule has 4 heteroatoms. The molecule has 0 aromatic heterocycles. The maximum absolute atomic E-state index is 12.0. The predicted octanol–water partition coefficient (Wildman–Crippen LogP) is 1.46. The van der Waals surface area contributed by atoms with Crippen LogP contribution in [0.1, 0.15) is 29.3 Å². The minimum atomic E-state index is -0.973. The first kappa shape index (κ1) is 13.8. The van der Waals surface area contributed by atoms with Crippen molar-refractivity contribution in [1.82, 2.24) is 5.32 Å². The van der Waals surface area contributed by atoms with Crippen LogP contribution in [0, 0.1) is 12.3 Å². The van der Waals surface area contributed by atoms with E-state index in [4.69, 9.17) is 11.5 Å². The Labute approximate surface area is 106 Å². The van der Waals surface area contributed by atoms with Crippen LogP contribution in [0.5, 0.6) is 0 Å². The van der Waals surface area contributed by atoms with Crippen LogP contribution in [0.15, 0.2) is 24.3 Å². The molecule has 4 nitrogen and oxygen atoms in total. The van der Waals surface area contributed by atoms with Gasteiger partial charge in [0, 0.05) is 5.56 Å². The lowest BCUT2D eigenvalue weighted by molar-refractivity contribution is -0.136. The van der Waals surface area contributed by atoms with Crippen LogP contribution in [-0.2, 0) is 11.2 Å². The van der Waals surface area contributed by atoms with E-state index in [2.05, 4.69) is 11.2 Å². The Bertz CT molecular complexity index is 488. The van der Waals surface area contributed by atoms with Crippen molar-refractivity contribution in [2.24, 2.45) is 0 Å². The van der Waals surface area contributed by atoms with Crippen molar-refractivity contribution < 1.29 is 14.7 Å². The Kier molecular flexibility index (Phi) is 4.94. The first-order valence-electron chi connectivity index (χ1n) is 5.65. The summed E-state index contributed by atoms with van der Waals surface area (Å²) in [5, 5.41) is 11.5. The van der Waals surface area contributed by atoms with Gasteiger partial charge in [-0.2, -0.15) is 0 Å². The van der Waals surface area contributed by atoms with E-state index in [1.807, 2.05) is 6.92 Å². The molecule has 0 heterocycles. The van der Waals surface area contributed by atoms with E-state index in [1.165, 1.54) is 0 Å². The van der Waals surface area contributed by atoms with E-state index in [9.17, 15) is 9.59 Å². The summed E-state index contributed by atoms with van der Waals surface area (Å²) in [7, 11) is 0. The van der Waals surface area contributed by atoms with Gasteiger partial charge >= 0.3 is 5.97 Å². The van der Waals surface area contributed by atoms with E-state index in [1.54, 1.807) is 24.3 Å². The highest BCUT2D eigenvalue weighted by atomic mass is 16.4. The second-order valence-electron chi connectivity index (χ2n) is 3.83. The molecule has 0 aliphatic heterocycles. The van der Waals surface area contributed by atoms with Crippen molar-refractivity contribution >= 4 is 11.9 Å². The molecular formula is C14H15NO3. The number of hydrogen-bond donors (Lipinski definition) is 2. The summed E-state index contributed by atoms with van der Waals surface area (Å²) in [6.45, 7) is 1.87. The molecule has 0 bridgehead atoms. The zero-order valence-corrected chi connectivity index (χ0v) is 10.1. The van der Waals surface area contributed by atoms with Crippen LogP contribution in [0.25, 0.3) is 0 Å². The molecule has 0 spiro atoms. The van der Waals surface area contributed by atoms with Gasteiger partial charge in [0.1, 0.15) is 0 Å². The van der Waals surface area contributed by atoms with Crippen LogP contribution in [-0.4, -0.2) is 23.0 Å². The van der Waals surface area contributed by atoms with E-state index in [0.29, 0.717) is 17.5 Å². The highest BCUT2D eigenvalue weighted by Crippen LogP contribution is 2.10. The third-order valence-corrected chi connectivity index (χ3v) is 2.52.